The van der Waals surface area contributed by atoms with E-state index in [1.54, 1.807) is 25.4 Å². The van der Waals surface area contributed by atoms with Crippen molar-refractivity contribution in [1.82, 2.24) is 9.97 Å². The summed E-state index contributed by atoms with van der Waals surface area (Å²) in [5, 5.41) is 26.6. The van der Waals surface area contributed by atoms with Crippen molar-refractivity contribution < 1.29 is 5.11 Å². The number of nitrogens with one attached hydrogen (secondary N) is 2. The van der Waals surface area contributed by atoms with Gasteiger partial charge in [0.2, 0.25) is 0 Å². The molecule has 2 unspecified atom stereocenters. The fourth-order valence-corrected chi connectivity index (χ4v) is 3.54. The third-order valence-electron chi connectivity index (χ3n) is 5.05. The van der Waals surface area contributed by atoms with Crippen LogP contribution in [0.25, 0.3) is 0 Å². The minimum atomic E-state index is -0.740. The lowest BCUT2D eigenvalue weighted by atomic mass is 9.95. The van der Waals surface area contributed by atoms with Gasteiger partial charge in [0.25, 0.3) is 0 Å². The summed E-state index contributed by atoms with van der Waals surface area (Å²) in [6.45, 7) is 3.16. The lowest BCUT2D eigenvalue weighted by molar-refractivity contribution is 0.0447. The van der Waals surface area contributed by atoms with Gasteiger partial charge in [-0.05, 0) is 38.0 Å². The van der Waals surface area contributed by atoms with E-state index in [1.807, 2.05) is 24.0 Å². The van der Waals surface area contributed by atoms with Crippen LogP contribution >= 0.6 is 0 Å². The molecule has 0 spiro atoms. The van der Waals surface area contributed by atoms with Gasteiger partial charge < -0.3 is 21.1 Å². The molecule has 0 bridgehead atoms. The molecular formula is C21H27N7O. The molecule has 0 radical (unpaired) electrons. The highest BCUT2D eigenvalue weighted by Crippen LogP contribution is 2.25. The Labute approximate surface area is 170 Å². The fraction of sp³-hybridized carbons (Fsp3) is 0.381. The number of β-amino-alcohol motifs (C(OH)–C–C–N with tert-alkyl or cyclic N) is 1. The maximum Gasteiger partial charge on any atom is 0.129 e. The highest BCUT2D eigenvalue weighted by Gasteiger charge is 2.29. The van der Waals surface area contributed by atoms with Crippen LogP contribution < -0.4 is 10.6 Å². The van der Waals surface area contributed by atoms with Crippen molar-refractivity contribution in [2.75, 3.05) is 30.8 Å². The fourth-order valence-electron chi connectivity index (χ4n) is 3.54. The van der Waals surface area contributed by atoms with Crippen LogP contribution in [-0.2, 0) is 0 Å². The molecule has 0 amide bonds. The van der Waals surface area contributed by atoms with E-state index in [1.165, 1.54) is 12.4 Å². The molecule has 29 heavy (non-hydrogen) atoms. The number of pyridine rings is 2. The number of hydrogen-bond donors (Lipinski definition) is 4. The molecule has 3 heterocycles. The molecular weight excluding hydrogens is 366 g/mol. The molecule has 1 aliphatic rings. The highest BCUT2D eigenvalue weighted by atomic mass is 16.3. The first-order valence-corrected chi connectivity index (χ1v) is 9.56. The van der Waals surface area contributed by atoms with E-state index in [-0.39, 0.29) is 11.6 Å². The Balaban J connectivity index is 1.92. The molecule has 8 nitrogen and oxygen atoms in total. The van der Waals surface area contributed by atoms with E-state index in [2.05, 4.69) is 15.0 Å². The van der Waals surface area contributed by atoms with Crippen LogP contribution in [0, 0.1) is 10.8 Å². The second-order valence-electron chi connectivity index (χ2n) is 7.57. The van der Waals surface area contributed by atoms with Gasteiger partial charge in [-0.25, -0.2) is 4.98 Å². The van der Waals surface area contributed by atoms with Crippen molar-refractivity contribution in [3.8, 4) is 0 Å². The number of hydrogen-bond acceptors (Lipinski definition) is 8. The summed E-state index contributed by atoms with van der Waals surface area (Å²) in [4.78, 5) is 15.0. The van der Waals surface area contributed by atoms with Gasteiger partial charge in [0, 0.05) is 38.1 Å². The van der Waals surface area contributed by atoms with E-state index < -0.39 is 5.60 Å². The third kappa shape index (κ3) is 4.65. The molecule has 8 heteroatoms. The average Bonchev–Trinajstić information content (AvgIpc) is 2.71. The Hall–Kier alpha value is -3.13. The molecule has 0 aliphatic carbocycles. The lowest BCUT2D eigenvalue weighted by Gasteiger charge is -2.37. The topological polar surface area (TPSA) is 135 Å². The van der Waals surface area contributed by atoms with Gasteiger partial charge in [-0.2, -0.15) is 0 Å². The van der Waals surface area contributed by atoms with E-state index in [0.717, 1.165) is 25.2 Å². The van der Waals surface area contributed by atoms with Crippen LogP contribution in [0.3, 0.4) is 0 Å². The molecule has 0 aromatic carbocycles. The highest BCUT2D eigenvalue weighted by molar-refractivity contribution is 6.13. The largest absolute Gasteiger partial charge is 0.397 e. The van der Waals surface area contributed by atoms with Crippen LogP contribution in [0.1, 0.15) is 42.6 Å². The number of anilines is 2. The predicted octanol–water partition coefficient (Wildman–Crippen LogP) is 2.26. The van der Waals surface area contributed by atoms with E-state index in [0.29, 0.717) is 29.2 Å². The van der Waals surface area contributed by atoms with Crippen LogP contribution in [0.2, 0.25) is 0 Å². The number of aromatic nitrogens is 2. The van der Waals surface area contributed by atoms with Crippen molar-refractivity contribution >= 4 is 29.6 Å². The van der Waals surface area contributed by atoms with Gasteiger partial charge in [-0.3, -0.25) is 15.4 Å². The molecule has 1 saturated heterocycles. The SMILES string of the molecule is CN=CC(C=N)c1cc(C(=N)c2cccc(N3CCCC(C)(O)C3)n2)c(N)cn1. The predicted molar refractivity (Wildman–Crippen MR) is 117 cm³/mol. The number of nitrogens with two attached hydrogens (primary N) is 1. The Bertz CT molecular complexity index is 938. The zero-order valence-electron chi connectivity index (χ0n) is 16.8. The summed E-state index contributed by atoms with van der Waals surface area (Å²) in [7, 11) is 1.64. The summed E-state index contributed by atoms with van der Waals surface area (Å²) in [5.41, 5.74) is 7.53. The van der Waals surface area contributed by atoms with Gasteiger partial charge >= 0.3 is 0 Å². The molecule has 2 aromatic rings. The zero-order valence-corrected chi connectivity index (χ0v) is 16.8. The first kappa shape index (κ1) is 20.6. The molecule has 5 N–H and O–H groups in total. The molecule has 1 aliphatic heterocycles. The number of aliphatic hydroxyl groups is 1. The maximum absolute atomic E-state index is 10.4. The lowest BCUT2D eigenvalue weighted by Crippen LogP contribution is -2.46. The number of nitrogen functional groups attached to an aromatic ring is 1. The van der Waals surface area contributed by atoms with Gasteiger partial charge in [0.15, 0.2) is 0 Å². The molecule has 2 atom stereocenters. The normalized spacial score (nSPS) is 20.6. The van der Waals surface area contributed by atoms with Crippen LogP contribution in [0.5, 0.6) is 0 Å². The standard InChI is InChI=1S/C21H27N7O/c1-21(29)7-4-8-28(13-21)19-6-3-5-17(27-19)20(24)15-9-18(26-12-16(15)23)14(10-22)11-25-2/h3,5-6,9-12,14,22,24,29H,4,7-8,13,23H2,1-2H3. The maximum atomic E-state index is 10.4. The van der Waals surface area contributed by atoms with E-state index in [4.69, 9.17) is 16.6 Å². The Morgan fingerprint density at radius 2 is 2.24 bits per heavy atom. The molecule has 2 aromatic heterocycles. The van der Waals surface area contributed by atoms with Crippen LogP contribution in [0.4, 0.5) is 11.5 Å². The van der Waals surface area contributed by atoms with Gasteiger partial charge in [-0.15, -0.1) is 0 Å². The van der Waals surface area contributed by atoms with Gasteiger partial charge in [0.05, 0.1) is 40.5 Å². The summed E-state index contributed by atoms with van der Waals surface area (Å²) >= 11 is 0. The summed E-state index contributed by atoms with van der Waals surface area (Å²) in [5.74, 6) is 0.359. The van der Waals surface area contributed by atoms with Crippen molar-refractivity contribution in [2.24, 2.45) is 4.99 Å². The quantitative estimate of drug-likeness (QED) is 0.558. The zero-order chi connectivity index (χ0) is 21.0. The first-order chi connectivity index (χ1) is 13.8. The second kappa shape index (κ2) is 8.48. The van der Waals surface area contributed by atoms with Crippen molar-refractivity contribution in [3.63, 3.8) is 0 Å². The second-order valence-corrected chi connectivity index (χ2v) is 7.57. The van der Waals surface area contributed by atoms with E-state index >= 15 is 0 Å². The number of rotatable bonds is 6. The minimum Gasteiger partial charge on any atom is -0.397 e. The Morgan fingerprint density at radius 1 is 1.45 bits per heavy atom. The molecule has 152 valence electrons. The number of nitrogens with zero attached hydrogens (tertiary/aromatic N) is 4. The summed E-state index contributed by atoms with van der Waals surface area (Å²) < 4.78 is 0. The van der Waals surface area contributed by atoms with Crippen LogP contribution in [-0.4, -0.2) is 59.0 Å². The summed E-state index contributed by atoms with van der Waals surface area (Å²) in [6, 6.07) is 7.24. The van der Waals surface area contributed by atoms with Crippen molar-refractivity contribution in [1.29, 1.82) is 10.8 Å². The van der Waals surface area contributed by atoms with Crippen molar-refractivity contribution in [3.05, 3.63) is 47.4 Å². The Morgan fingerprint density at radius 3 is 2.93 bits per heavy atom. The van der Waals surface area contributed by atoms with Crippen molar-refractivity contribution in [2.45, 2.75) is 31.3 Å². The van der Waals surface area contributed by atoms with Crippen LogP contribution in [0.15, 0.2) is 35.5 Å². The molecule has 0 saturated carbocycles. The number of piperidine rings is 1. The molecule has 1 fully saturated rings. The number of aliphatic imine (C=N–C) groups is 1. The third-order valence-corrected chi connectivity index (χ3v) is 5.05. The summed E-state index contributed by atoms with van der Waals surface area (Å²) in [6.07, 6.45) is 6.04. The first-order valence-electron chi connectivity index (χ1n) is 9.56. The average molecular weight is 393 g/mol. The molecule has 3 rings (SSSR count). The minimum absolute atomic E-state index is 0.189. The van der Waals surface area contributed by atoms with E-state index in [9.17, 15) is 5.11 Å². The van der Waals surface area contributed by atoms with Gasteiger partial charge in [0.1, 0.15) is 5.82 Å². The Kier molecular flexibility index (Phi) is 6.03. The smallest absolute Gasteiger partial charge is 0.129 e. The monoisotopic (exact) mass is 393 g/mol. The van der Waals surface area contributed by atoms with Gasteiger partial charge in [-0.1, -0.05) is 6.07 Å².